The minimum Gasteiger partial charge on any atom is -0.463 e. The van der Waals surface area contributed by atoms with E-state index in [1.54, 1.807) is 18.0 Å². The molecule has 0 saturated heterocycles. The predicted molar refractivity (Wildman–Crippen MR) is 92.2 cm³/mol. The van der Waals surface area contributed by atoms with Gasteiger partial charge in [-0.15, -0.1) is 11.8 Å². The standard InChI is InChI=1S/C17H18N4OS/c1-2-13-15(14-7-5-10-22-14)20-17(18)21-16(13)23-11-8-12-6-3-4-9-19-12/h3-7,9-10H,2,8,11H2,1H3,(H2,18,20,21). The number of rotatable bonds is 6. The summed E-state index contributed by atoms with van der Waals surface area (Å²) in [6.45, 7) is 2.09. The van der Waals surface area contributed by atoms with Gasteiger partial charge < -0.3 is 10.2 Å². The molecule has 0 fully saturated rings. The number of nitrogens with zero attached hydrogens (tertiary/aromatic N) is 3. The van der Waals surface area contributed by atoms with Gasteiger partial charge >= 0.3 is 0 Å². The summed E-state index contributed by atoms with van der Waals surface area (Å²) in [5.74, 6) is 1.88. The fourth-order valence-corrected chi connectivity index (χ4v) is 3.41. The Kier molecular flexibility index (Phi) is 4.92. The Labute approximate surface area is 139 Å². The zero-order valence-electron chi connectivity index (χ0n) is 12.9. The minimum atomic E-state index is 0.272. The summed E-state index contributed by atoms with van der Waals surface area (Å²) in [6.07, 6.45) is 5.16. The quantitative estimate of drug-likeness (QED) is 0.551. The summed E-state index contributed by atoms with van der Waals surface area (Å²) < 4.78 is 5.48. The topological polar surface area (TPSA) is 77.8 Å². The first-order chi connectivity index (χ1) is 11.3. The average Bonchev–Trinajstić information content (AvgIpc) is 3.10. The molecule has 0 aromatic carbocycles. The Morgan fingerprint density at radius 1 is 1.17 bits per heavy atom. The molecule has 0 aliphatic rings. The SMILES string of the molecule is CCc1c(SCCc2ccccn2)nc(N)nc1-c1ccco1. The van der Waals surface area contributed by atoms with Crippen molar-refractivity contribution in [3.05, 3.63) is 54.0 Å². The molecule has 3 aromatic heterocycles. The van der Waals surface area contributed by atoms with Gasteiger partial charge in [0.25, 0.3) is 0 Å². The fourth-order valence-electron chi connectivity index (χ4n) is 2.33. The van der Waals surface area contributed by atoms with Gasteiger partial charge in [0.05, 0.1) is 6.26 Å². The predicted octanol–water partition coefficient (Wildman–Crippen LogP) is 3.61. The molecule has 0 aliphatic carbocycles. The normalized spacial score (nSPS) is 10.8. The Morgan fingerprint density at radius 2 is 2.09 bits per heavy atom. The Bertz CT molecular complexity index is 760. The van der Waals surface area contributed by atoms with Crippen LogP contribution in [0.1, 0.15) is 18.2 Å². The van der Waals surface area contributed by atoms with Gasteiger partial charge in [0.1, 0.15) is 10.7 Å². The molecule has 0 amide bonds. The fraction of sp³-hybridized carbons (Fsp3) is 0.235. The number of anilines is 1. The third-order valence-electron chi connectivity index (χ3n) is 3.42. The van der Waals surface area contributed by atoms with E-state index in [1.165, 1.54) is 0 Å². The van der Waals surface area contributed by atoms with Crippen molar-refractivity contribution in [1.29, 1.82) is 0 Å². The van der Waals surface area contributed by atoms with Crippen LogP contribution in [0.25, 0.3) is 11.5 Å². The first-order valence-electron chi connectivity index (χ1n) is 7.51. The second-order valence-electron chi connectivity index (χ2n) is 4.96. The van der Waals surface area contributed by atoms with Crippen LogP contribution in [0.15, 0.2) is 52.2 Å². The second-order valence-corrected chi connectivity index (χ2v) is 6.05. The number of aromatic nitrogens is 3. The highest BCUT2D eigenvalue weighted by atomic mass is 32.2. The van der Waals surface area contributed by atoms with Crippen LogP contribution in [-0.2, 0) is 12.8 Å². The van der Waals surface area contributed by atoms with Gasteiger partial charge in [-0.1, -0.05) is 13.0 Å². The molecule has 3 heterocycles. The molecule has 3 rings (SSSR count). The van der Waals surface area contributed by atoms with E-state index in [0.717, 1.165) is 46.3 Å². The monoisotopic (exact) mass is 326 g/mol. The molecule has 0 atom stereocenters. The van der Waals surface area contributed by atoms with Crippen LogP contribution in [0, 0.1) is 0 Å². The van der Waals surface area contributed by atoms with E-state index in [1.807, 2.05) is 36.5 Å². The zero-order valence-corrected chi connectivity index (χ0v) is 13.7. The number of aryl methyl sites for hydroxylation is 1. The van der Waals surface area contributed by atoms with Crippen LogP contribution in [0.3, 0.4) is 0 Å². The van der Waals surface area contributed by atoms with E-state index < -0.39 is 0 Å². The molecule has 0 unspecified atom stereocenters. The number of furan rings is 1. The zero-order chi connectivity index (χ0) is 16.1. The molecular weight excluding hydrogens is 308 g/mol. The summed E-state index contributed by atoms with van der Waals surface area (Å²) >= 11 is 1.68. The minimum absolute atomic E-state index is 0.272. The lowest BCUT2D eigenvalue weighted by Crippen LogP contribution is -2.04. The molecule has 0 bridgehead atoms. The van der Waals surface area contributed by atoms with Crippen LogP contribution >= 0.6 is 11.8 Å². The van der Waals surface area contributed by atoms with E-state index in [9.17, 15) is 0 Å². The first kappa shape index (κ1) is 15.6. The molecule has 23 heavy (non-hydrogen) atoms. The Morgan fingerprint density at radius 3 is 2.78 bits per heavy atom. The summed E-state index contributed by atoms with van der Waals surface area (Å²) in [5, 5.41) is 0.919. The van der Waals surface area contributed by atoms with Crippen molar-refractivity contribution >= 4 is 17.7 Å². The van der Waals surface area contributed by atoms with Crippen molar-refractivity contribution in [2.45, 2.75) is 24.8 Å². The van der Waals surface area contributed by atoms with Gasteiger partial charge in [-0.05, 0) is 37.1 Å². The van der Waals surface area contributed by atoms with Crippen molar-refractivity contribution in [3.8, 4) is 11.5 Å². The van der Waals surface area contributed by atoms with Crippen molar-refractivity contribution < 1.29 is 4.42 Å². The van der Waals surface area contributed by atoms with Gasteiger partial charge in [0.15, 0.2) is 5.76 Å². The number of nitrogen functional groups attached to an aromatic ring is 1. The molecule has 3 aromatic rings. The summed E-state index contributed by atoms with van der Waals surface area (Å²) in [7, 11) is 0. The number of nitrogens with two attached hydrogens (primary N) is 1. The summed E-state index contributed by atoms with van der Waals surface area (Å²) in [4.78, 5) is 13.1. The number of pyridine rings is 1. The van der Waals surface area contributed by atoms with Gasteiger partial charge in [-0.2, -0.15) is 0 Å². The molecular formula is C17H18N4OS. The maximum atomic E-state index is 5.88. The molecule has 0 spiro atoms. The van der Waals surface area contributed by atoms with Gasteiger partial charge in [0, 0.05) is 23.2 Å². The van der Waals surface area contributed by atoms with Gasteiger partial charge in [-0.25, -0.2) is 9.97 Å². The second kappa shape index (κ2) is 7.28. The summed E-state index contributed by atoms with van der Waals surface area (Å²) in [5.41, 5.74) is 8.81. The van der Waals surface area contributed by atoms with Crippen LogP contribution in [-0.4, -0.2) is 20.7 Å². The smallest absolute Gasteiger partial charge is 0.221 e. The lowest BCUT2D eigenvalue weighted by atomic mass is 10.1. The van der Waals surface area contributed by atoms with Crippen molar-refractivity contribution in [2.75, 3.05) is 11.5 Å². The van der Waals surface area contributed by atoms with E-state index in [2.05, 4.69) is 21.9 Å². The number of hydrogen-bond donors (Lipinski definition) is 1. The number of hydrogen-bond acceptors (Lipinski definition) is 6. The highest BCUT2D eigenvalue weighted by molar-refractivity contribution is 7.99. The molecule has 6 heteroatoms. The van der Waals surface area contributed by atoms with E-state index in [-0.39, 0.29) is 5.95 Å². The number of thioether (sulfide) groups is 1. The Balaban J connectivity index is 1.81. The first-order valence-corrected chi connectivity index (χ1v) is 8.49. The van der Waals surface area contributed by atoms with Crippen molar-refractivity contribution in [1.82, 2.24) is 15.0 Å². The molecule has 2 N–H and O–H groups in total. The largest absolute Gasteiger partial charge is 0.463 e. The lowest BCUT2D eigenvalue weighted by molar-refractivity contribution is 0.578. The maximum Gasteiger partial charge on any atom is 0.221 e. The molecule has 0 saturated carbocycles. The molecule has 118 valence electrons. The van der Waals surface area contributed by atoms with Crippen molar-refractivity contribution in [2.24, 2.45) is 0 Å². The molecule has 0 radical (unpaired) electrons. The Hall–Kier alpha value is -2.34. The van der Waals surface area contributed by atoms with Crippen LogP contribution in [0.2, 0.25) is 0 Å². The van der Waals surface area contributed by atoms with E-state index in [0.29, 0.717) is 0 Å². The molecule has 0 aliphatic heterocycles. The van der Waals surface area contributed by atoms with Crippen LogP contribution in [0.4, 0.5) is 5.95 Å². The third kappa shape index (κ3) is 3.71. The van der Waals surface area contributed by atoms with Crippen molar-refractivity contribution in [3.63, 3.8) is 0 Å². The highest BCUT2D eigenvalue weighted by Gasteiger charge is 2.16. The summed E-state index contributed by atoms with van der Waals surface area (Å²) in [6, 6.07) is 9.70. The van der Waals surface area contributed by atoms with Gasteiger partial charge in [0.2, 0.25) is 5.95 Å². The maximum absolute atomic E-state index is 5.88. The van der Waals surface area contributed by atoms with Gasteiger partial charge in [-0.3, -0.25) is 4.98 Å². The highest BCUT2D eigenvalue weighted by Crippen LogP contribution is 2.31. The lowest BCUT2D eigenvalue weighted by Gasteiger charge is -2.11. The third-order valence-corrected chi connectivity index (χ3v) is 4.44. The van der Waals surface area contributed by atoms with Crippen LogP contribution in [0.5, 0.6) is 0 Å². The van der Waals surface area contributed by atoms with E-state index in [4.69, 9.17) is 10.2 Å². The van der Waals surface area contributed by atoms with E-state index >= 15 is 0 Å². The average molecular weight is 326 g/mol. The molecule has 5 nitrogen and oxygen atoms in total. The van der Waals surface area contributed by atoms with Crippen LogP contribution < -0.4 is 5.73 Å².